The lowest BCUT2D eigenvalue weighted by molar-refractivity contribution is 0.391. The van der Waals surface area contributed by atoms with Gasteiger partial charge in [0.1, 0.15) is 10.6 Å². The van der Waals surface area contributed by atoms with E-state index in [9.17, 15) is 0 Å². The summed E-state index contributed by atoms with van der Waals surface area (Å²) in [6.07, 6.45) is 0. The van der Waals surface area contributed by atoms with Crippen LogP contribution in [0.3, 0.4) is 0 Å². The van der Waals surface area contributed by atoms with Crippen molar-refractivity contribution in [1.82, 2.24) is 20.1 Å². The molecule has 0 aliphatic carbocycles. The molecule has 0 fully saturated rings. The third-order valence-corrected chi connectivity index (χ3v) is 6.07. The molecule has 0 unspecified atom stereocenters. The van der Waals surface area contributed by atoms with E-state index >= 15 is 0 Å². The summed E-state index contributed by atoms with van der Waals surface area (Å²) < 4.78 is 5.35. The highest BCUT2D eigenvalue weighted by Gasteiger charge is 2.14. The van der Waals surface area contributed by atoms with Gasteiger partial charge < -0.3 is 10.3 Å². The van der Waals surface area contributed by atoms with Crippen LogP contribution in [0.15, 0.2) is 33.9 Å². The van der Waals surface area contributed by atoms with Crippen molar-refractivity contribution >= 4 is 39.1 Å². The Balaban J connectivity index is 1.52. The van der Waals surface area contributed by atoms with Crippen LogP contribution in [0.5, 0.6) is 0 Å². The number of hydrogen-bond donors (Lipinski definition) is 1. The first-order valence-electron chi connectivity index (χ1n) is 8.07. The summed E-state index contributed by atoms with van der Waals surface area (Å²) in [4.78, 5) is 15.6. The molecule has 0 bridgehead atoms. The van der Waals surface area contributed by atoms with Crippen molar-refractivity contribution in [1.29, 1.82) is 0 Å². The van der Waals surface area contributed by atoms with Gasteiger partial charge in [-0.25, -0.2) is 9.97 Å². The van der Waals surface area contributed by atoms with E-state index in [-0.39, 0.29) is 0 Å². The molecule has 0 saturated heterocycles. The molecule has 0 saturated carbocycles. The summed E-state index contributed by atoms with van der Waals surface area (Å²) in [6.45, 7) is 6.16. The predicted molar refractivity (Wildman–Crippen MR) is 105 cm³/mol. The van der Waals surface area contributed by atoms with Gasteiger partial charge in [0.2, 0.25) is 11.7 Å². The van der Waals surface area contributed by atoms with E-state index in [4.69, 9.17) is 10.3 Å². The average Bonchev–Trinajstić information content (AvgIpc) is 3.19. The van der Waals surface area contributed by atoms with Gasteiger partial charge in [0, 0.05) is 10.4 Å². The Bertz CT molecular complexity index is 1090. The number of nitrogen functional groups attached to an aromatic ring is 1. The first-order valence-corrected chi connectivity index (χ1v) is 9.87. The highest BCUT2D eigenvalue weighted by molar-refractivity contribution is 7.98. The summed E-state index contributed by atoms with van der Waals surface area (Å²) in [5.41, 5.74) is 9.40. The number of benzene rings is 1. The lowest BCUT2D eigenvalue weighted by atomic mass is 10.1. The molecular weight excluding hydrogens is 366 g/mol. The van der Waals surface area contributed by atoms with E-state index in [0.717, 1.165) is 21.3 Å². The number of thioether (sulfide) groups is 1. The van der Waals surface area contributed by atoms with Gasteiger partial charge in [0.05, 0.1) is 11.1 Å². The fraction of sp³-hybridized carbons (Fsp3) is 0.222. The summed E-state index contributed by atoms with van der Waals surface area (Å²) in [7, 11) is 0. The fourth-order valence-electron chi connectivity index (χ4n) is 2.58. The number of aryl methyl sites for hydroxylation is 3. The Hall–Kier alpha value is -2.45. The summed E-state index contributed by atoms with van der Waals surface area (Å²) in [5.74, 6) is 2.13. The fourth-order valence-corrected chi connectivity index (χ4v) is 4.37. The second-order valence-electron chi connectivity index (χ2n) is 6.02. The Labute approximate surface area is 158 Å². The minimum atomic E-state index is 0.493. The zero-order valence-electron chi connectivity index (χ0n) is 14.6. The summed E-state index contributed by atoms with van der Waals surface area (Å²) in [6, 6.07) is 8.01. The Kier molecular flexibility index (Phi) is 4.37. The number of thiophene rings is 1. The monoisotopic (exact) mass is 383 g/mol. The van der Waals surface area contributed by atoms with Gasteiger partial charge >= 0.3 is 0 Å². The second-order valence-corrected chi connectivity index (χ2v) is 8.17. The van der Waals surface area contributed by atoms with Gasteiger partial charge in [-0.3, -0.25) is 0 Å². The standard InChI is InChI=1S/C18H17N5OS2/c1-9-4-6-12(7-5-9)16-20-13(24-23-16)8-25-18-21-15(19)14-10(2)11(3)26-17(14)22-18/h4-7H,8H2,1-3H3,(H2,19,21,22). The molecule has 0 aliphatic rings. The first-order chi connectivity index (χ1) is 12.5. The average molecular weight is 384 g/mol. The third kappa shape index (κ3) is 3.17. The zero-order valence-corrected chi connectivity index (χ0v) is 16.2. The van der Waals surface area contributed by atoms with Gasteiger partial charge in [-0.2, -0.15) is 4.98 Å². The van der Waals surface area contributed by atoms with Crippen molar-refractivity contribution in [3.05, 3.63) is 46.2 Å². The molecule has 6 nitrogen and oxygen atoms in total. The molecule has 3 aromatic heterocycles. The zero-order chi connectivity index (χ0) is 18.3. The van der Waals surface area contributed by atoms with E-state index in [1.165, 1.54) is 22.2 Å². The maximum atomic E-state index is 6.12. The highest BCUT2D eigenvalue weighted by Crippen LogP contribution is 2.34. The lowest BCUT2D eigenvalue weighted by Crippen LogP contribution is -1.96. The molecule has 0 atom stereocenters. The minimum Gasteiger partial charge on any atom is -0.383 e. The normalized spacial score (nSPS) is 11.3. The molecule has 2 N–H and O–H groups in total. The smallest absolute Gasteiger partial charge is 0.237 e. The number of rotatable bonds is 4. The number of fused-ring (bicyclic) bond motifs is 1. The van der Waals surface area contributed by atoms with E-state index in [2.05, 4.69) is 27.0 Å². The van der Waals surface area contributed by atoms with E-state index in [1.807, 2.05) is 38.1 Å². The van der Waals surface area contributed by atoms with Gasteiger partial charge in [-0.1, -0.05) is 46.7 Å². The van der Waals surface area contributed by atoms with Gasteiger partial charge in [-0.15, -0.1) is 11.3 Å². The molecule has 0 aliphatic heterocycles. The van der Waals surface area contributed by atoms with Gasteiger partial charge in [0.15, 0.2) is 5.16 Å². The summed E-state index contributed by atoms with van der Waals surface area (Å²) in [5, 5.41) is 5.62. The van der Waals surface area contributed by atoms with Crippen LogP contribution in [0.25, 0.3) is 21.6 Å². The van der Waals surface area contributed by atoms with Crippen molar-refractivity contribution in [3.8, 4) is 11.4 Å². The minimum absolute atomic E-state index is 0.493. The second kappa shape index (κ2) is 6.69. The molecule has 1 aromatic carbocycles. The van der Waals surface area contributed by atoms with Crippen LogP contribution in [0.1, 0.15) is 21.9 Å². The molecule has 132 valence electrons. The van der Waals surface area contributed by atoms with Crippen molar-refractivity contribution < 1.29 is 4.52 Å². The predicted octanol–water partition coefficient (Wildman–Crippen LogP) is 4.54. The molecule has 0 amide bonds. The SMILES string of the molecule is Cc1ccc(-c2noc(CSc3nc(N)c4c(C)c(C)sc4n3)n2)cc1. The van der Waals surface area contributed by atoms with Gasteiger partial charge in [-0.05, 0) is 26.3 Å². The number of anilines is 1. The number of hydrogen-bond acceptors (Lipinski definition) is 8. The van der Waals surface area contributed by atoms with Crippen LogP contribution in [-0.4, -0.2) is 20.1 Å². The molecular formula is C18H17N5OS2. The van der Waals surface area contributed by atoms with Crippen LogP contribution < -0.4 is 5.73 Å². The molecule has 0 spiro atoms. The highest BCUT2D eigenvalue weighted by atomic mass is 32.2. The van der Waals surface area contributed by atoms with E-state index < -0.39 is 0 Å². The van der Waals surface area contributed by atoms with Crippen molar-refractivity contribution in [2.24, 2.45) is 0 Å². The molecule has 8 heteroatoms. The van der Waals surface area contributed by atoms with Crippen LogP contribution in [-0.2, 0) is 5.75 Å². The van der Waals surface area contributed by atoms with Crippen molar-refractivity contribution in [3.63, 3.8) is 0 Å². The Morgan fingerprint density at radius 2 is 1.85 bits per heavy atom. The largest absolute Gasteiger partial charge is 0.383 e. The maximum Gasteiger partial charge on any atom is 0.237 e. The molecule has 4 rings (SSSR count). The third-order valence-electron chi connectivity index (χ3n) is 4.14. The van der Waals surface area contributed by atoms with E-state index in [0.29, 0.717) is 28.4 Å². The van der Waals surface area contributed by atoms with Crippen LogP contribution in [0, 0.1) is 20.8 Å². The first kappa shape index (κ1) is 17.0. The van der Waals surface area contributed by atoms with Crippen LogP contribution in [0.4, 0.5) is 5.82 Å². The summed E-state index contributed by atoms with van der Waals surface area (Å²) >= 11 is 3.07. The van der Waals surface area contributed by atoms with Crippen LogP contribution >= 0.6 is 23.1 Å². The van der Waals surface area contributed by atoms with Crippen LogP contribution in [0.2, 0.25) is 0 Å². The Morgan fingerprint density at radius 3 is 2.62 bits per heavy atom. The molecule has 26 heavy (non-hydrogen) atoms. The van der Waals surface area contributed by atoms with Crippen molar-refractivity contribution in [2.45, 2.75) is 31.7 Å². The molecule has 3 heterocycles. The Morgan fingerprint density at radius 1 is 1.08 bits per heavy atom. The number of nitrogens with zero attached hydrogens (tertiary/aromatic N) is 4. The quantitative estimate of drug-likeness (QED) is 0.408. The number of aromatic nitrogens is 4. The lowest BCUT2D eigenvalue weighted by Gasteiger charge is -2.01. The number of nitrogens with two attached hydrogens (primary N) is 1. The molecule has 0 radical (unpaired) electrons. The van der Waals surface area contributed by atoms with E-state index in [1.54, 1.807) is 11.3 Å². The van der Waals surface area contributed by atoms with Crippen molar-refractivity contribution in [2.75, 3.05) is 5.73 Å². The maximum absolute atomic E-state index is 6.12. The van der Waals surface area contributed by atoms with Gasteiger partial charge in [0.25, 0.3) is 0 Å². The molecule has 4 aromatic rings. The topological polar surface area (TPSA) is 90.7 Å².